The lowest BCUT2D eigenvalue weighted by Crippen LogP contribution is -2.32. The average Bonchev–Trinajstić information content (AvgIpc) is 2.47. The molecule has 0 spiro atoms. The SMILES string of the molecule is CCCCC(C)N1CCSC1=S. The van der Waals surface area contributed by atoms with E-state index >= 15 is 0 Å². The molecule has 1 atom stereocenters. The van der Waals surface area contributed by atoms with E-state index in [9.17, 15) is 0 Å². The van der Waals surface area contributed by atoms with E-state index in [1.165, 1.54) is 25.0 Å². The Morgan fingerprint density at radius 3 is 2.92 bits per heavy atom. The van der Waals surface area contributed by atoms with E-state index in [0.717, 1.165) is 10.9 Å². The molecule has 1 aliphatic heterocycles. The fourth-order valence-electron chi connectivity index (χ4n) is 1.46. The van der Waals surface area contributed by atoms with Crippen LogP contribution in [0.5, 0.6) is 0 Å². The summed E-state index contributed by atoms with van der Waals surface area (Å²) in [7, 11) is 0. The standard InChI is InChI=1S/C9H17NS2/c1-3-4-5-8(2)10-6-7-12-9(10)11/h8H,3-7H2,1-2H3. The Morgan fingerprint density at radius 1 is 1.67 bits per heavy atom. The first kappa shape index (κ1) is 10.3. The first-order valence-corrected chi connectivity index (χ1v) is 6.08. The van der Waals surface area contributed by atoms with E-state index in [1.54, 1.807) is 0 Å². The second kappa shape index (κ2) is 5.07. The van der Waals surface area contributed by atoms with Crippen molar-refractivity contribution in [3.05, 3.63) is 0 Å². The van der Waals surface area contributed by atoms with Gasteiger partial charge in [0, 0.05) is 18.3 Å². The Kier molecular flexibility index (Phi) is 4.36. The Morgan fingerprint density at radius 2 is 2.42 bits per heavy atom. The van der Waals surface area contributed by atoms with Crippen molar-refractivity contribution < 1.29 is 0 Å². The van der Waals surface area contributed by atoms with E-state index in [0.29, 0.717) is 6.04 Å². The Bertz CT molecular complexity index is 159. The summed E-state index contributed by atoms with van der Waals surface area (Å²) in [5.74, 6) is 1.19. The van der Waals surface area contributed by atoms with Crippen LogP contribution in [0, 0.1) is 0 Å². The van der Waals surface area contributed by atoms with E-state index in [4.69, 9.17) is 12.2 Å². The van der Waals surface area contributed by atoms with Crippen LogP contribution in [-0.2, 0) is 0 Å². The van der Waals surface area contributed by atoms with Gasteiger partial charge in [0.1, 0.15) is 4.32 Å². The predicted molar refractivity (Wildman–Crippen MR) is 60.7 cm³/mol. The second-order valence-corrected chi connectivity index (χ2v) is 5.03. The Hall–Kier alpha value is 0.240. The van der Waals surface area contributed by atoms with Gasteiger partial charge in [-0.05, 0) is 13.3 Å². The fourth-order valence-corrected chi connectivity index (χ4v) is 2.88. The number of hydrogen-bond donors (Lipinski definition) is 0. The molecule has 0 bridgehead atoms. The van der Waals surface area contributed by atoms with Crippen LogP contribution >= 0.6 is 24.0 Å². The highest BCUT2D eigenvalue weighted by atomic mass is 32.2. The minimum Gasteiger partial charge on any atom is -0.354 e. The molecule has 1 unspecified atom stereocenters. The quantitative estimate of drug-likeness (QED) is 0.647. The maximum Gasteiger partial charge on any atom is 0.136 e. The summed E-state index contributed by atoms with van der Waals surface area (Å²) in [6.07, 6.45) is 3.90. The van der Waals surface area contributed by atoms with E-state index in [1.807, 2.05) is 11.8 Å². The molecule has 1 rings (SSSR count). The van der Waals surface area contributed by atoms with Gasteiger partial charge < -0.3 is 4.90 Å². The lowest BCUT2D eigenvalue weighted by Gasteiger charge is -2.24. The molecule has 0 aromatic heterocycles. The Balaban J connectivity index is 2.30. The van der Waals surface area contributed by atoms with Crippen molar-refractivity contribution in [2.45, 2.75) is 39.2 Å². The summed E-state index contributed by atoms with van der Waals surface area (Å²) in [6, 6.07) is 0.660. The van der Waals surface area contributed by atoms with Gasteiger partial charge in [-0.3, -0.25) is 0 Å². The van der Waals surface area contributed by atoms with Crippen molar-refractivity contribution >= 4 is 28.3 Å². The molecule has 1 fully saturated rings. The molecule has 0 amide bonds. The molecule has 0 N–H and O–H groups in total. The molecule has 1 aliphatic rings. The minimum absolute atomic E-state index is 0.660. The van der Waals surface area contributed by atoms with E-state index in [-0.39, 0.29) is 0 Å². The topological polar surface area (TPSA) is 3.24 Å². The number of rotatable bonds is 4. The molecule has 1 nitrogen and oxygen atoms in total. The zero-order valence-corrected chi connectivity index (χ0v) is 9.51. The third-order valence-electron chi connectivity index (χ3n) is 2.30. The maximum atomic E-state index is 5.26. The van der Waals surface area contributed by atoms with Crippen molar-refractivity contribution in [2.75, 3.05) is 12.3 Å². The van der Waals surface area contributed by atoms with Crippen molar-refractivity contribution in [3.8, 4) is 0 Å². The summed E-state index contributed by atoms with van der Waals surface area (Å²) in [5.41, 5.74) is 0. The van der Waals surface area contributed by atoms with Crippen LogP contribution < -0.4 is 0 Å². The summed E-state index contributed by atoms with van der Waals surface area (Å²) in [5, 5.41) is 0. The van der Waals surface area contributed by atoms with E-state index in [2.05, 4.69) is 18.7 Å². The monoisotopic (exact) mass is 203 g/mol. The molecule has 0 saturated carbocycles. The van der Waals surface area contributed by atoms with E-state index < -0.39 is 0 Å². The zero-order valence-electron chi connectivity index (χ0n) is 7.88. The van der Waals surface area contributed by atoms with Crippen LogP contribution in [-0.4, -0.2) is 27.6 Å². The molecule has 0 radical (unpaired) electrons. The number of unbranched alkanes of at least 4 members (excludes halogenated alkanes) is 1. The van der Waals surface area contributed by atoms with Gasteiger partial charge in [0.15, 0.2) is 0 Å². The smallest absolute Gasteiger partial charge is 0.136 e. The van der Waals surface area contributed by atoms with Gasteiger partial charge in [-0.1, -0.05) is 43.7 Å². The van der Waals surface area contributed by atoms with Gasteiger partial charge in [0.25, 0.3) is 0 Å². The molecule has 1 saturated heterocycles. The number of thiocarbonyl (C=S) groups is 1. The Labute approximate surface area is 84.9 Å². The molecule has 3 heteroatoms. The molecule has 0 aliphatic carbocycles. The maximum absolute atomic E-state index is 5.26. The lowest BCUT2D eigenvalue weighted by molar-refractivity contribution is 0.340. The molecular formula is C9H17NS2. The van der Waals surface area contributed by atoms with Crippen LogP contribution in [0.3, 0.4) is 0 Å². The van der Waals surface area contributed by atoms with Crippen LogP contribution in [0.1, 0.15) is 33.1 Å². The van der Waals surface area contributed by atoms with Crippen LogP contribution in [0.4, 0.5) is 0 Å². The van der Waals surface area contributed by atoms with Crippen molar-refractivity contribution in [1.82, 2.24) is 4.90 Å². The van der Waals surface area contributed by atoms with Gasteiger partial charge in [-0.2, -0.15) is 0 Å². The molecule has 70 valence electrons. The fraction of sp³-hybridized carbons (Fsp3) is 0.889. The minimum atomic E-state index is 0.660. The van der Waals surface area contributed by atoms with Gasteiger partial charge >= 0.3 is 0 Å². The zero-order chi connectivity index (χ0) is 8.97. The largest absolute Gasteiger partial charge is 0.354 e. The number of nitrogens with zero attached hydrogens (tertiary/aromatic N) is 1. The summed E-state index contributed by atoms with van der Waals surface area (Å²) in [4.78, 5) is 2.37. The van der Waals surface area contributed by atoms with Crippen LogP contribution in [0.2, 0.25) is 0 Å². The molecule has 0 aromatic carbocycles. The van der Waals surface area contributed by atoms with Crippen molar-refractivity contribution in [1.29, 1.82) is 0 Å². The highest BCUT2D eigenvalue weighted by Crippen LogP contribution is 2.22. The van der Waals surface area contributed by atoms with Crippen molar-refractivity contribution in [3.63, 3.8) is 0 Å². The molecular weight excluding hydrogens is 186 g/mol. The first-order chi connectivity index (χ1) is 5.75. The first-order valence-electron chi connectivity index (χ1n) is 4.69. The average molecular weight is 203 g/mol. The van der Waals surface area contributed by atoms with Crippen molar-refractivity contribution in [2.24, 2.45) is 0 Å². The third-order valence-corrected chi connectivity index (χ3v) is 3.76. The normalized spacial score (nSPS) is 20.2. The highest BCUT2D eigenvalue weighted by molar-refractivity contribution is 8.23. The molecule has 12 heavy (non-hydrogen) atoms. The highest BCUT2D eigenvalue weighted by Gasteiger charge is 2.21. The summed E-state index contributed by atoms with van der Waals surface area (Å²) in [6.45, 7) is 5.69. The van der Waals surface area contributed by atoms with Crippen LogP contribution in [0.25, 0.3) is 0 Å². The van der Waals surface area contributed by atoms with Gasteiger partial charge in [0.2, 0.25) is 0 Å². The van der Waals surface area contributed by atoms with Gasteiger partial charge in [0.05, 0.1) is 0 Å². The predicted octanol–water partition coefficient (Wildman–Crippen LogP) is 2.90. The number of hydrogen-bond acceptors (Lipinski definition) is 2. The second-order valence-electron chi connectivity index (χ2n) is 3.30. The lowest BCUT2D eigenvalue weighted by atomic mass is 10.1. The molecule has 1 heterocycles. The summed E-state index contributed by atoms with van der Waals surface area (Å²) < 4.78 is 1.11. The van der Waals surface area contributed by atoms with Gasteiger partial charge in [-0.25, -0.2) is 0 Å². The third kappa shape index (κ3) is 2.63. The number of thioether (sulfide) groups is 1. The van der Waals surface area contributed by atoms with Gasteiger partial charge in [-0.15, -0.1) is 0 Å². The van der Waals surface area contributed by atoms with Crippen LogP contribution in [0.15, 0.2) is 0 Å². The summed E-state index contributed by atoms with van der Waals surface area (Å²) >= 11 is 7.08. The molecule has 0 aromatic rings.